The van der Waals surface area contributed by atoms with Crippen LogP contribution in [0.4, 0.5) is 10.5 Å². The van der Waals surface area contributed by atoms with Gasteiger partial charge in [-0.05, 0) is 37.6 Å². The Labute approximate surface area is 106 Å². The highest BCUT2D eigenvalue weighted by atomic mass is 35.5. The molecule has 1 rings (SSSR count). The van der Waals surface area contributed by atoms with Crippen molar-refractivity contribution >= 4 is 23.3 Å². The second-order valence-electron chi connectivity index (χ2n) is 4.03. The number of nitrogens with one attached hydrogen (secondary N) is 1. The van der Waals surface area contributed by atoms with Gasteiger partial charge >= 0.3 is 6.03 Å². The Morgan fingerprint density at radius 2 is 2.24 bits per heavy atom. The molecule has 0 bridgehead atoms. The highest BCUT2D eigenvalue weighted by molar-refractivity contribution is 6.30. The molecule has 0 aromatic heterocycles. The van der Waals surface area contributed by atoms with Crippen LogP contribution in [-0.4, -0.2) is 35.7 Å². The summed E-state index contributed by atoms with van der Waals surface area (Å²) in [6, 6.07) is 4.79. The smallest absolute Gasteiger partial charge is 0.321 e. The summed E-state index contributed by atoms with van der Waals surface area (Å²) in [5.74, 6) is 0. The first kappa shape index (κ1) is 13.8. The number of anilines is 1. The maximum absolute atomic E-state index is 11.8. The molecule has 4 nitrogen and oxygen atoms in total. The highest BCUT2D eigenvalue weighted by Crippen LogP contribution is 2.19. The molecular weight excluding hydrogens is 240 g/mol. The first-order valence-electron chi connectivity index (χ1n) is 5.36. The van der Waals surface area contributed by atoms with E-state index in [4.69, 9.17) is 16.7 Å². The van der Waals surface area contributed by atoms with Crippen LogP contribution < -0.4 is 5.32 Å². The zero-order valence-electron chi connectivity index (χ0n) is 10.2. The van der Waals surface area contributed by atoms with Gasteiger partial charge in [-0.1, -0.05) is 11.6 Å². The minimum atomic E-state index is -0.253. The van der Waals surface area contributed by atoms with Crippen molar-refractivity contribution in [1.29, 1.82) is 0 Å². The molecule has 17 heavy (non-hydrogen) atoms. The van der Waals surface area contributed by atoms with E-state index >= 15 is 0 Å². The Bertz CT molecular complexity index is 409. The number of aryl methyl sites for hydroxylation is 1. The molecule has 0 saturated carbocycles. The van der Waals surface area contributed by atoms with E-state index in [1.165, 1.54) is 4.90 Å². The van der Waals surface area contributed by atoms with E-state index in [1.807, 2.05) is 6.92 Å². The number of nitrogens with zero attached hydrogens (tertiary/aromatic N) is 1. The Morgan fingerprint density at radius 1 is 1.59 bits per heavy atom. The van der Waals surface area contributed by atoms with Gasteiger partial charge in [0.25, 0.3) is 0 Å². The third kappa shape index (κ3) is 3.61. The molecule has 0 saturated heterocycles. The van der Waals surface area contributed by atoms with Crippen molar-refractivity contribution in [2.45, 2.75) is 19.9 Å². The van der Waals surface area contributed by atoms with Crippen molar-refractivity contribution in [1.82, 2.24) is 4.90 Å². The van der Waals surface area contributed by atoms with Crippen LogP contribution in [0.3, 0.4) is 0 Å². The highest BCUT2D eigenvalue weighted by Gasteiger charge is 2.15. The fourth-order valence-electron chi connectivity index (χ4n) is 1.29. The van der Waals surface area contributed by atoms with Crippen molar-refractivity contribution in [2.24, 2.45) is 0 Å². The van der Waals surface area contributed by atoms with Gasteiger partial charge in [0.05, 0.1) is 12.6 Å². The summed E-state index contributed by atoms with van der Waals surface area (Å²) in [6.45, 7) is 3.58. The first-order valence-corrected chi connectivity index (χ1v) is 5.74. The van der Waals surface area contributed by atoms with Gasteiger partial charge in [0.15, 0.2) is 0 Å². The minimum Gasteiger partial charge on any atom is -0.394 e. The molecule has 0 heterocycles. The summed E-state index contributed by atoms with van der Waals surface area (Å²) in [5, 5.41) is 12.4. The molecule has 1 aromatic carbocycles. The lowest BCUT2D eigenvalue weighted by Gasteiger charge is -2.23. The largest absolute Gasteiger partial charge is 0.394 e. The molecular formula is C12H17ClN2O2. The molecule has 1 aromatic rings. The van der Waals surface area contributed by atoms with E-state index in [9.17, 15) is 4.79 Å². The number of rotatable bonds is 3. The van der Waals surface area contributed by atoms with Crippen molar-refractivity contribution in [3.8, 4) is 0 Å². The number of urea groups is 1. The number of carbonyl (C=O) groups excluding carboxylic acids is 1. The van der Waals surface area contributed by atoms with Crippen LogP contribution in [0.2, 0.25) is 5.02 Å². The molecule has 0 radical (unpaired) electrons. The Balaban J connectivity index is 2.74. The molecule has 0 fully saturated rings. The average molecular weight is 257 g/mol. The summed E-state index contributed by atoms with van der Waals surface area (Å²) < 4.78 is 0. The lowest BCUT2D eigenvalue weighted by molar-refractivity contribution is 0.166. The van der Waals surface area contributed by atoms with Gasteiger partial charge in [0.1, 0.15) is 0 Å². The minimum absolute atomic E-state index is 0.0660. The SMILES string of the molecule is Cc1cc(Cl)ccc1NC(=O)N(C)C(C)CO. The van der Waals surface area contributed by atoms with Crippen LogP contribution in [0.1, 0.15) is 12.5 Å². The van der Waals surface area contributed by atoms with Gasteiger partial charge in [-0.25, -0.2) is 4.79 Å². The van der Waals surface area contributed by atoms with Gasteiger partial charge in [-0.3, -0.25) is 0 Å². The van der Waals surface area contributed by atoms with Crippen molar-refractivity contribution in [3.05, 3.63) is 28.8 Å². The van der Waals surface area contributed by atoms with Gasteiger partial charge < -0.3 is 15.3 Å². The predicted octanol–water partition coefficient (Wildman–Crippen LogP) is 2.49. The van der Waals surface area contributed by atoms with E-state index < -0.39 is 0 Å². The fourth-order valence-corrected chi connectivity index (χ4v) is 1.52. The number of halogens is 1. The number of carbonyl (C=O) groups is 1. The van der Waals surface area contributed by atoms with Gasteiger partial charge in [-0.15, -0.1) is 0 Å². The van der Waals surface area contributed by atoms with Gasteiger partial charge in [0.2, 0.25) is 0 Å². The van der Waals surface area contributed by atoms with E-state index in [1.54, 1.807) is 32.2 Å². The van der Waals surface area contributed by atoms with Gasteiger partial charge in [-0.2, -0.15) is 0 Å². The summed E-state index contributed by atoms with van der Waals surface area (Å²) in [5.41, 5.74) is 1.62. The zero-order chi connectivity index (χ0) is 13.0. The average Bonchev–Trinajstić information content (AvgIpc) is 2.30. The predicted molar refractivity (Wildman–Crippen MR) is 69.5 cm³/mol. The van der Waals surface area contributed by atoms with Crippen LogP contribution in [0.15, 0.2) is 18.2 Å². The molecule has 94 valence electrons. The number of aliphatic hydroxyl groups excluding tert-OH is 1. The number of hydrogen-bond acceptors (Lipinski definition) is 2. The summed E-state index contributed by atoms with van der Waals surface area (Å²) in [4.78, 5) is 13.3. The molecule has 0 aliphatic heterocycles. The van der Waals surface area contributed by atoms with Crippen LogP contribution in [0.5, 0.6) is 0 Å². The molecule has 0 spiro atoms. The number of benzene rings is 1. The Kier molecular flexibility index (Phi) is 4.78. The van der Waals surface area contributed by atoms with Crippen molar-refractivity contribution < 1.29 is 9.90 Å². The van der Waals surface area contributed by atoms with Crippen LogP contribution in [0.25, 0.3) is 0 Å². The van der Waals surface area contributed by atoms with E-state index in [0.717, 1.165) is 11.3 Å². The fraction of sp³-hybridized carbons (Fsp3) is 0.417. The van der Waals surface area contributed by atoms with E-state index in [-0.39, 0.29) is 18.7 Å². The quantitative estimate of drug-likeness (QED) is 0.873. The van der Waals surface area contributed by atoms with Crippen LogP contribution >= 0.6 is 11.6 Å². The third-order valence-corrected chi connectivity index (χ3v) is 2.91. The van der Waals surface area contributed by atoms with E-state index in [2.05, 4.69) is 5.32 Å². The maximum Gasteiger partial charge on any atom is 0.321 e. The molecule has 2 amide bonds. The number of amides is 2. The molecule has 5 heteroatoms. The topological polar surface area (TPSA) is 52.6 Å². The monoisotopic (exact) mass is 256 g/mol. The van der Waals surface area contributed by atoms with Crippen molar-refractivity contribution in [3.63, 3.8) is 0 Å². The normalized spacial score (nSPS) is 12.1. The van der Waals surface area contributed by atoms with Crippen LogP contribution in [-0.2, 0) is 0 Å². The number of likely N-dealkylation sites (N-methyl/N-ethyl adjacent to an activating group) is 1. The summed E-state index contributed by atoms with van der Waals surface area (Å²) in [6.07, 6.45) is 0. The standard InChI is InChI=1S/C12H17ClN2O2/c1-8-6-10(13)4-5-11(8)14-12(17)15(3)9(2)7-16/h4-6,9,16H,7H2,1-3H3,(H,14,17). The molecule has 0 aliphatic rings. The molecule has 0 aliphatic carbocycles. The lowest BCUT2D eigenvalue weighted by Crippen LogP contribution is -2.40. The second kappa shape index (κ2) is 5.89. The van der Waals surface area contributed by atoms with E-state index in [0.29, 0.717) is 5.02 Å². The van der Waals surface area contributed by atoms with Crippen LogP contribution in [0, 0.1) is 6.92 Å². The van der Waals surface area contributed by atoms with Crippen molar-refractivity contribution in [2.75, 3.05) is 19.0 Å². The lowest BCUT2D eigenvalue weighted by atomic mass is 10.2. The maximum atomic E-state index is 11.8. The molecule has 1 atom stereocenters. The first-order chi connectivity index (χ1) is 7.95. The van der Waals surface area contributed by atoms with Gasteiger partial charge in [0, 0.05) is 17.8 Å². The Morgan fingerprint density at radius 3 is 2.76 bits per heavy atom. The third-order valence-electron chi connectivity index (χ3n) is 2.68. The number of aliphatic hydroxyl groups is 1. The molecule has 1 unspecified atom stereocenters. The Hall–Kier alpha value is -1.26. The zero-order valence-corrected chi connectivity index (χ0v) is 11.0. The number of hydrogen-bond donors (Lipinski definition) is 2. The summed E-state index contributed by atoms with van der Waals surface area (Å²) >= 11 is 5.83. The summed E-state index contributed by atoms with van der Waals surface area (Å²) in [7, 11) is 1.64. The second-order valence-corrected chi connectivity index (χ2v) is 4.47. The molecule has 2 N–H and O–H groups in total.